The van der Waals surface area contributed by atoms with Crippen LogP contribution in [-0.4, -0.2) is 6.61 Å². The standard InChI is InChI=1S/C24H33FO/c1-3-5-9-20-12-14-21(15-13-20)10-7-8-11-22-16-17-23(19-24(22)25)26-18-6-4-2/h7,10,16-17,19-21H,3-6,9,12-15,18H2,1-2H3. The number of rotatable bonds is 8. The normalized spacial score (nSPS) is 20.0. The lowest BCUT2D eigenvalue weighted by Crippen LogP contribution is -2.12. The van der Waals surface area contributed by atoms with Crippen molar-refractivity contribution in [1.29, 1.82) is 0 Å². The van der Waals surface area contributed by atoms with Crippen LogP contribution in [0.5, 0.6) is 5.75 Å². The molecule has 2 rings (SSSR count). The second kappa shape index (κ2) is 11.8. The Morgan fingerprint density at radius 2 is 1.88 bits per heavy atom. The summed E-state index contributed by atoms with van der Waals surface area (Å²) in [5.74, 6) is 7.75. The lowest BCUT2D eigenvalue weighted by atomic mass is 9.80. The van der Waals surface area contributed by atoms with Gasteiger partial charge in [0.15, 0.2) is 0 Å². The van der Waals surface area contributed by atoms with E-state index in [-0.39, 0.29) is 5.82 Å². The Balaban J connectivity index is 1.79. The van der Waals surface area contributed by atoms with E-state index >= 15 is 0 Å². The van der Waals surface area contributed by atoms with Crippen molar-refractivity contribution in [2.75, 3.05) is 6.61 Å². The van der Waals surface area contributed by atoms with E-state index in [4.69, 9.17) is 4.74 Å². The van der Waals surface area contributed by atoms with Crippen molar-refractivity contribution in [2.45, 2.75) is 71.6 Å². The van der Waals surface area contributed by atoms with Gasteiger partial charge in [0.05, 0.1) is 12.2 Å². The first-order valence-corrected chi connectivity index (χ1v) is 10.3. The zero-order chi connectivity index (χ0) is 18.6. The van der Waals surface area contributed by atoms with Gasteiger partial charge in [-0.3, -0.25) is 0 Å². The minimum Gasteiger partial charge on any atom is -0.493 e. The van der Waals surface area contributed by atoms with Crippen molar-refractivity contribution >= 4 is 0 Å². The molecule has 1 aromatic rings. The molecule has 0 unspecified atom stereocenters. The molecule has 2 heteroatoms. The Hall–Kier alpha value is -1.75. The molecule has 1 aliphatic rings. The van der Waals surface area contributed by atoms with Gasteiger partial charge in [-0.15, -0.1) is 0 Å². The predicted molar refractivity (Wildman–Crippen MR) is 108 cm³/mol. The summed E-state index contributed by atoms with van der Waals surface area (Å²) >= 11 is 0. The van der Waals surface area contributed by atoms with Gasteiger partial charge in [-0.05, 0) is 62.1 Å². The molecule has 0 bridgehead atoms. The molecule has 142 valence electrons. The van der Waals surface area contributed by atoms with Gasteiger partial charge in [0.25, 0.3) is 0 Å². The Morgan fingerprint density at radius 3 is 2.58 bits per heavy atom. The van der Waals surface area contributed by atoms with Crippen LogP contribution in [0.15, 0.2) is 30.4 Å². The molecule has 26 heavy (non-hydrogen) atoms. The van der Waals surface area contributed by atoms with Crippen LogP contribution < -0.4 is 4.74 Å². The predicted octanol–water partition coefficient (Wildman–Crippen LogP) is 6.91. The van der Waals surface area contributed by atoms with Gasteiger partial charge in [-0.2, -0.15) is 0 Å². The maximum atomic E-state index is 14.1. The Bertz CT molecular complexity index is 615. The summed E-state index contributed by atoms with van der Waals surface area (Å²) in [6.45, 7) is 5.00. The van der Waals surface area contributed by atoms with Crippen LogP contribution >= 0.6 is 0 Å². The van der Waals surface area contributed by atoms with Crippen LogP contribution in [0, 0.1) is 29.5 Å². The van der Waals surface area contributed by atoms with Crippen LogP contribution in [0.25, 0.3) is 0 Å². The van der Waals surface area contributed by atoms with Gasteiger partial charge in [-0.1, -0.05) is 57.4 Å². The summed E-state index contributed by atoms with van der Waals surface area (Å²) in [6, 6.07) is 4.93. The lowest BCUT2D eigenvalue weighted by molar-refractivity contribution is 0.291. The Kier molecular flexibility index (Phi) is 9.32. The second-order valence-corrected chi connectivity index (χ2v) is 7.40. The first-order chi connectivity index (χ1) is 12.7. The second-order valence-electron chi connectivity index (χ2n) is 7.40. The Labute approximate surface area is 159 Å². The van der Waals surface area contributed by atoms with Crippen molar-refractivity contribution in [3.05, 3.63) is 41.7 Å². The maximum absolute atomic E-state index is 14.1. The number of hydrogen-bond donors (Lipinski definition) is 0. The van der Waals surface area contributed by atoms with E-state index in [0.29, 0.717) is 23.8 Å². The van der Waals surface area contributed by atoms with Crippen molar-refractivity contribution in [1.82, 2.24) is 0 Å². The molecule has 0 aromatic heterocycles. The molecular weight excluding hydrogens is 323 g/mol. The first-order valence-electron chi connectivity index (χ1n) is 10.3. The summed E-state index contributed by atoms with van der Waals surface area (Å²) in [5.41, 5.74) is 0.431. The number of unbranched alkanes of at least 4 members (excludes halogenated alkanes) is 2. The van der Waals surface area contributed by atoms with Crippen LogP contribution in [0.3, 0.4) is 0 Å². The molecule has 0 spiro atoms. The molecule has 0 saturated heterocycles. The van der Waals surface area contributed by atoms with Gasteiger partial charge >= 0.3 is 0 Å². The van der Waals surface area contributed by atoms with Crippen molar-refractivity contribution in [3.63, 3.8) is 0 Å². The topological polar surface area (TPSA) is 9.23 Å². The largest absolute Gasteiger partial charge is 0.493 e. The summed E-state index contributed by atoms with van der Waals surface area (Å²) < 4.78 is 19.6. The van der Waals surface area contributed by atoms with Gasteiger partial charge < -0.3 is 4.74 Å². The molecule has 1 nitrogen and oxygen atoms in total. The molecular formula is C24H33FO. The maximum Gasteiger partial charge on any atom is 0.142 e. The summed E-state index contributed by atoms with van der Waals surface area (Å²) in [6.07, 6.45) is 15.5. The minimum absolute atomic E-state index is 0.309. The van der Waals surface area contributed by atoms with Crippen molar-refractivity contribution in [3.8, 4) is 17.6 Å². The van der Waals surface area contributed by atoms with Crippen LogP contribution in [-0.2, 0) is 0 Å². The Morgan fingerprint density at radius 1 is 1.12 bits per heavy atom. The first kappa shape index (κ1) is 20.6. The van der Waals surface area contributed by atoms with E-state index < -0.39 is 0 Å². The van der Waals surface area contributed by atoms with E-state index in [2.05, 4.69) is 31.8 Å². The minimum atomic E-state index is -0.309. The number of benzene rings is 1. The summed E-state index contributed by atoms with van der Waals surface area (Å²) in [7, 11) is 0. The molecule has 0 heterocycles. The lowest BCUT2D eigenvalue weighted by Gasteiger charge is -2.26. The number of halogens is 1. The summed E-state index contributed by atoms with van der Waals surface area (Å²) in [5, 5.41) is 0. The highest BCUT2D eigenvalue weighted by molar-refractivity contribution is 5.41. The fraction of sp³-hybridized carbons (Fsp3) is 0.583. The molecule has 0 aliphatic heterocycles. The number of ether oxygens (including phenoxy) is 1. The molecule has 1 saturated carbocycles. The monoisotopic (exact) mass is 356 g/mol. The SMILES string of the molecule is CCCCOc1ccc(C#CC=CC2CCC(CCCC)CC2)c(F)c1. The highest BCUT2D eigenvalue weighted by Crippen LogP contribution is 2.32. The third-order valence-electron chi connectivity index (χ3n) is 5.22. The van der Waals surface area contributed by atoms with E-state index in [0.717, 1.165) is 18.8 Å². The molecule has 0 atom stereocenters. The molecule has 0 N–H and O–H groups in total. The van der Waals surface area contributed by atoms with Crippen molar-refractivity contribution < 1.29 is 9.13 Å². The molecule has 1 aromatic carbocycles. The van der Waals surface area contributed by atoms with Crippen LogP contribution in [0.4, 0.5) is 4.39 Å². The van der Waals surface area contributed by atoms with E-state index in [1.54, 1.807) is 12.1 Å². The summed E-state index contributed by atoms with van der Waals surface area (Å²) in [4.78, 5) is 0. The van der Waals surface area contributed by atoms with Gasteiger partial charge in [-0.25, -0.2) is 4.39 Å². The van der Waals surface area contributed by atoms with E-state index in [1.165, 1.54) is 51.0 Å². The quantitative estimate of drug-likeness (QED) is 0.363. The van der Waals surface area contributed by atoms with E-state index in [1.807, 2.05) is 6.08 Å². The fourth-order valence-corrected chi connectivity index (χ4v) is 3.49. The molecule has 1 aliphatic carbocycles. The van der Waals surface area contributed by atoms with E-state index in [9.17, 15) is 4.39 Å². The smallest absolute Gasteiger partial charge is 0.142 e. The average molecular weight is 357 g/mol. The van der Waals surface area contributed by atoms with Gasteiger partial charge in [0.2, 0.25) is 0 Å². The molecule has 0 radical (unpaired) electrons. The zero-order valence-electron chi connectivity index (χ0n) is 16.4. The molecule has 0 amide bonds. The molecule has 1 fully saturated rings. The van der Waals surface area contributed by atoms with Crippen molar-refractivity contribution in [2.24, 2.45) is 11.8 Å². The van der Waals surface area contributed by atoms with Crippen LogP contribution in [0.2, 0.25) is 0 Å². The fourth-order valence-electron chi connectivity index (χ4n) is 3.49. The highest BCUT2D eigenvalue weighted by Gasteiger charge is 2.18. The third-order valence-corrected chi connectivity index (χ3v) is 5.22. The third kappa shape index (κ3) is 7.24. The number of hydrogen-bond acceptors (Lipinski definition) is 1. The zero-order valence-corrected chi connectivity index (χ0v) is 16.4. The average Bonchev–Trinajstić information content (AvgIpc) is 2.66. The number of allylic oxidation sites excluding steroid dienone is 2. The van der Waals surface area contributed by atoms with Crippen LogP contribution in [0.1, 0.15) is 77.2 Å². The highest BCUT2D eigenvalue weighted by atomic mass is 19.1. The van der Waals surface area contributed by atoms with Gasteiger partial charge in [0.1, 0.15) is 11.6 Å². The van der Waals surface area contributed by atoms with Gasteiger partial charge in [0, 0.05) is 6.07 Å².